The van der Waals surface area contributed by atoms with Gasteiger partial charge in [-0.15, -0.1) is 0 Å². The maximum Gasteiger partial charge on any atom is 0.143 e. The third-order valence-corrected chi connectivity index (χ3v) is 4.30. The van der Waals surface area contributed by atoms with Crippen molar-refractivity contribution in [2.24, 2.45) is 0 Å². The van der Waals surface area contributed by atoms with E-state index in [0.29, 0.717) is 11.8 Å². The van der Waals surface area contributed by atoms with E-state index >= 15 is 0 Å². The first kappa shape index (κ1) is 14.3. The van der Waals surface area contributed by atoms with Gasteiger partial charge in [-0.25, -0.2) is 4.39 Å². The van der Waals surface area contributed by atoms with Crippen LogP contribution in [0.15, 0.2) is 18.2 Å². The fourth-order valence-electron chi connectivity index (χ4n) is 3.13. The average molecular weight is 289 g/mol. The number of rotatable bonds is 3. The summed E-state index contributed by atoms with van der Waals surface area (Å²) in [6.07, 6.45) is 2.70. The summed E-state index contributed by atoms with van der Waals surface area (Å²) >= 11 is 0. The lowest BCUT2D eigenvalue weighted by Crippen LogP contribution is -2.48. The Balaban J connectivity index is 1.61. The molecule has 0 aliphatic carbocycles. The highest BCUT2D eigenvalue weighted by molar-refractivity contribution is 5.60. The summed E-state index contributed by atoms with van der Waals surface area (Å²) in [4.78, 5) is 4.51. The summed E-state index contributed by atoms with van der Waals surface area (Å²) in [7, 11) is 0. The highest BCUT2D eigenvalue weighted by Gasteiger charge is 2.24. The maximum atomic E-state index is 13.7. The zero-order valence-corrected chi connectivity index (χ0v) is 12.1. The summed E-state index contributed by atoms with van der Waals surface area (Å²) in [6.45, 7) is 5.39. The number of nitrogens with zero attached hydrogens (tertiary/aromatic N) is 3. The second-order valence-electron chi connectivity index (χ2n) is 5.67. The summed E-state index contributed by atoms with van der Waals surface area (Å²) < 4.78 is 19.3. The number of anilines is 1. The van der Waals surface area contributed by atoms with Crippen LogP contribution in [-0.2, 0) is 4.74 Å². The summed E-state index contributed by atoms with van der Waals surface area (Å²) in [5.41, 5.74) is 0.874. The van der Waals surface area contributed by atoms with E-state index in [0.717, 1.165) is 45.8 Å². The Hall–Kier alpha value is -1.64. The average Bonchev–Trinajstić information content (AvgIpc) is 3.01. The SMILES string of the molecule is N#Cc1c(F)cccc1N1CCN(C[C@H]2CCCO2)CC1. The van der Waals surface area contributed by atoms with Gasteiger partial charge in [0, 0.05) is 39.3 Å². The van der Waals surface area contributed by atoms with Crippen molar-refractivity contribution < 1.29 is 9.13 Å². The molecule has 1 aromatic rings. The molecule has 1 aromatic carbocycles. The van der Waals surface area contributed by atoms with Gasteiger partial charge in [-0.2, -0.15) is 5.26 Å². The van der Waals surface area contributed by atoms with Gasteiger partial charge in [-0.3, -0.25) is 4.90 Å². The van der Waals surface area contributed by atoms with E-state index in [9.17, 15) is 4.39 Å². The molecular weight excluding hydrogens is 269 g/mol. The maximum absolute atomic E-state index is 13.7. The molecule has 0 bridgehead atoms. The number of ether oxygens (including phenoxy) is 1. The molecule has 3 rings (SSSR count). The molecule has 0 N–H and O–H groups in total. The van der Waals surface area contributed by atoms with E-state index in [2.05, 4.69) is 9.80 Å². The molecule has 112 valence electrons. The van der Waals surface area contributed by atoms with E-state index < -0.39 is 5.82 Å². The number of nitriles is 1. The molecule has 0 unspecified atom stereocenters. The fraction of sp³-hybridized carbons (Fsp3) is 0.562. The minimum atomic E-state index is -0.434. The van der Waals surface area contributed by atoms with Crippen molar-refractivity contribution in [3.8, 4) is 6.07 Å². The lowest BCUT2D eigenvalue weighted by atomic mass is 10.1. The summed E-state index contributed by atoms with van der Waals surface area (Å²) in [5, 5.41) is 9.13. The van der Waals surface area contributed by atoms with Crippen molar-refractivity contribution in [3.63, 3.8) is 0 Å². The molecular formula is C16H20FN3O. The van der Waals surface area contributed by atoms with E-state index in [1.807, 2.05) is 12.1 Å². The third-order valence-electron chi connectivity index (χ3n) is 4.30. The number of halogens is 1. The largest absolute Gasteiger partial charge is 0.377 e. The van der Waals surface area contributed by atoms with Crippen LogP contribution in [0.4, 0.5) is 10.1 Å². The van der Waals surface area contributed by atoms with Crippen LogP contribution in [0.3, 0.4) is 0 Å². The van der Waals surface area contributed by atoms with Gasteiger partial charge in [0.05, 0.1) is 11.8 Å². The molecule has 5 heteroatoms. The molecule has 2 aliphatic rings. The minimum absolute atomic E-state index is 0.157. The summed E-state index contributed by atoms with van der Waals surface area (Å²) in [6, 6.07) is 6.83. The van der Waals surface area contributed by atoms with Gasteiger partial charge in [0.1, 0.15) is 17.4 Å². The van der Waals surface area contributed by atoms with Crippen molar-refractivity contribution in [3.05, 3.63) is 29.6 Å². The zero-order valence-electron chi connectivity index (χ0n) is 12.1. The third kappa shape index (κ3) is 3.17. The van der Waals surface area contributed by atoms with Gasteiger partial charge < -0.3 is 9.64 Å². The van der Waals surface area contributed by atoms with Gasteiger partial charge in [0.25, 0.3) is 0 Å². The molecule has 2 fully saturated rings. The van der Waals surface area contributed by atoms with E-state index in [-0.39, 0.29) is 5.56 Å². The smallest absolute Gasteiger partial charge is 0.143 e. The topological polar surface area (TPSA) is 39.5 Å². The van der Waals surface area contributed by atoms with Crippen LogP contribution < -0.4 is 4.90 Å². The molecule has 4 nitrogen and oxygen atoms in total. The molecule has 0 spiro atoms. The van der Waals surface area contributed by atoms with E-state index in [4.69, 9.17) is 10.00 Å². The van der Waals surface area contributed by atoms with Crippen molar-refractivity contribution in [1.82, 2.24) is 4.90 Å². The van der Waals surface area contributed by atoms with Gasteiger partial charge >= 0.3 is 0 Å². The lowest BCUT2D eigenvalue weighted by molar-refractivity contribution is 0.0712. The first-order valence-corrected chi connectivity index (χ1v) is 7.55. The highest BCUT2D eigenvalue weighted by atomic mass is 19.1. The van der Waals surface area contributed by atoms with Crippen LogP contribution >= 0.6 is 0 Å². The predicted octanol–water partition coefficient (Wildman–Crippen LogP) is 2.00. The van der Waals surface area contributed by atoms with Crippen LogP contribution in [0.2, 0.25) is 0 Å². The molecule has 0 amide bonds. The van der Waals surface area contributed by atoms with Gasteiger partial charge in [0.15, 0.2) is 0 Å². The monoisotopic (exact) mass is 289 g/mol. The first-order chi connectivity index (χ1) is 10.3. The van der Waals surface area contributed by atoms with Gasteiger partial charge in [-0.05, 0) is 25.0 Å². The number of piperazine rings is 1. The Morgan fingerprint density at radius 2 is 2.10 bits per heavy atom. The quantitative estimate of drug-likeness (QED) is 0.853. The van der Waals surface area contributed by atoms with Crippen molar-refractivity contribution in [1.29, 1.82) is 5.26 Å². The standard InChI is InChI=1S/C16H20FN3O/c17-15-4-1-5-16(14(15)11-18)20-8-6-19(7-9-20)12-13-3-2-10-21-13/h1,4-5,13H,2-3,6-10,12H2/t13-/m1/s1. The van der Waals surface area contributed by atoms with Crippen LogP contribution in [0.25, 0.3) is 0 Å². The Kier molecular flexibility index (Phi) is 4.37. The number of benzene rings is 1. The Morgan fingerprint density at radius 1 is 1.29 bits per heavy atom. The van der Waals surface area contributed by atoms with E-state index in [1.165, 1.54) is 12.5 Å². The molecule has 2 aliphatic heterocycles. The van der Waals surface area contributed by atoms with Crippen molar-refractivity contribution in [2.45, 2.75) is 18.9 Å². The molecule has 1 atom stereocenters. The summed E-state index contributed by atoms with van der Waals surface area (Å²) in [5.74, 6) is -0.434. The lowest BCUT2D eigenvalue weighted by Gasteiger charge is -2.37. The Bertz CT molecular complexity index is 529. The second kappa shape index (κ2) is 6.42. The predicted molar refractivity (Wildman–Crippen MR) is 78.7 cm³/mol. The molecule has 0 radical (unpaired) electrons. The fourth-order valence-corrected chi connectivity index (χ4v) is 3.13. The molecule has 2 heterocycles. The Labute approximate surface area is 124 Å². The van der Waals surface area contributed by atoms with Gasteiger partial charge in [0.2, 0.25) is 0 Å². The molecule has 21 heavy (non-hydrogen) atoms. The van der Waals surface area contributed by atoms with E-state index in [1.54, 1.807) is 6.07 Å². The normalized spacial score (nSPS) is 23.2. The zero-order chi connectivity index (χ0) is 14.7. The van der Waals surface area contributed by atoms with Crippen LogP contribution in [0.1, 0.15) is 18.4 Å². The van der Waals surface area contributed by atoms with Crippen LogP contribution in [0.5, 0.6) is 0 Å². The minimum Gasteiger partial charge on any atom is -0.377 e. The van der Waals surface area contributed by atoms with Gasteiger partial charge in [-0.1, -0.05) is 6.07 Å². The molecule has 0 saturated carbocycles. The highest BCUT2D eigenvalue weighted by Crippen LogP contribution is 2.24. The number of hydrogen-bond donors (Lipinski definition) is 0. The van der Waals surface area contributed by atoms with Crippen molar-refractivity contribution >= 4 is 5.69 Å². The number of hydrogen-bond acceptors (Lipinski definition) is 4. The molecule has 0 aromatic heterocycles. The second-order valence-corrected chi connectivity index (χ2v) is 5.67. The molecule has 2 saturated heterocycles. The van der Waals surface area contributed by atoms with Crippen LogP contribution in [0, 0.1) is 17.1 Å². The first-order valence-electron chi connectivity index (χ1n) is 7.55. The van der Waals surface area contributed by atoms with Crippen molar-refractivity contribution in [2.75, 3.05) is 44.2 Å². The van der Waals surface area contributed by atoms with Crippen LogP contribution in [-0.4, -0.2) is 50.3 Å². The Morgan fingerprint density at radius 3 is 2.76 bits per heavy atom.